The lowest BCUT2D eigenvalue weighted by Crippen LogP contribution is -2.03. The maximum absolute atomic E-state index is 6.20. The van der Waals surface area contributed by atoms with Crippen molar-refractivity contribution in [3.05, 3.63) is 54.1 Å². The van der Waals surface area contributed by atoms with Crippen molar-refractivity contribution in [3.8, 4) is 0 Å². The second kappa shape index (κ2) is 3.80. The molecule has 0 radical (unpaired) electrons. The van der Waals surface area contributed by atoms with Crippen LogP contribution in [0.4, 0.5) is 0 Å². The Morgan fingerprint density at radius 3 is 2.62 bits per heavy atom. The molecule has 0 heterocycles. The van der Waals surface area contributed by atoms with Gasteiger partial charge < -0.3 is 0 Å². The van der Waals surface area contributed by atoms with Crippen molar-refractivity contribution in [2.45, 2.75) is 11.8 Å². The summed E-state index contributed by atoms with van der Waals surface area (Å²) in [5.74, 6) is 0. The summed E-state index contributed by atoms with van der Waals surface area (Å²) in [6, 6.07) is 10.3. The van der Waals surface area contributed by atoms with Gasteiger partial charge in [-0.15, -0.1) is 11.6 Å². The zero-order valence-corrected chi connectivity index (χ0v) is 8.04. The largest absolute Gasteiger partial charge is 0.117 e. The van der Waals surface area contributed by atoms with Crippen LogP contribution in [0.1, 0.15) is 12.0 Å². The second-order valence-corrected chi connectivity index (χ2v) is 3.65. The van der Waals surface area contributed by atoms with E-state index in [1.807, 2.05) is 18.2 Å². The Hall–Kier alpha value is -1.01. The number of benzene rings is 1. The molecule has 1 aromatic rings. The Balaban J connectivity index is 2.35. The van der Waals surface area contributed by atoms with Crippen LogP contribution in [0, 0.1) is 0 Å². The quantitative estimate of drug-likeness (QED) is 0.594. The highest BCUT2D eigenvalue weighted by Gasteiger charge is 2.12. The summed E-state index contributed by atoms with van der Waals surface area (Å²) in [5, 5.41) is 0.132. The highest BCUT2D eigenvalue weighted by Crippen LogP contribution is 2.27. The van der Waals surface area contributed by atoms with E-state index >= 15 is 0 Å². The molecule has 0 fully saturated rings. The first-order valence-corrected chi connectivity index (χ1v) is 4.88. The summed E-state index contributed by atoms with van der Waals surface area (Å²) in [6.07, 6.45) is 7.20. The molecule has 0 aromatic heterocycles. The van der Waals surface area contributed by atoms with Crippen molar-refractivity contribution in [3.63, 3.8) is 0 Å². The van der Waals surface area contributed by atoms with Gasteiger partial charge in [0.2, 0.25) is 0 Å². The van der Waals surface area contributed by atoms with E-state index in [-0.39, 0.29) is 5.38 Å². The van der Waals surface area contributed by atoms with E-state index < -0.39 is 0 Å². The van der Waals surface area contributed by atoms with E-state index in [0.717, 1.165) is 6.42 Å². The van der Waals surface area contributed by atoms with Gasteiger partial charge in [0.05, 0.1) is 5.38 Å². The van der Waals surface area contributed by atoms with Gasteiger partial charge in [-0.1, -0.05) is 48.6 Å². The summed E-state index contributed by atoms with van der Waals surface area (Å²) in [7, 11) is 0. The normalized spacial score (nSPS) is 21.3. The van der Waals surface area contributed by atoms with Crippen molar-refractivity contribution in [1.82, 2.24) is 0 Å². The molecule has 0 bridgehead atoms. The predicted octanol–water partition coefficient (Wildman–Crippen LogP) is 3.64. The van der Waals surface area contributed by atoms with Gasteiger partial charge in [0.15, 0.2) is 0 Å². The van der Waals surface area contributed by atoms with Crippen LogP contribution in [-0.4, -0.2) is 5.38 Å². The van der Waals surface area contributed by atoms with E-state index in [2.05, 4.69) is 30.4 Å². The van der Waals surface area contributed by atoms with E-state index in [4.69, 9.17) is 11.6 Å². The second-order valence-electron chi connectivity index (χ2n) is 3.12. The number of rotatable bonds is 1. The van der Waals surface area contributed by atoms with Crippen LogP contribution in [0.2, 0.25) is 0 Å². The van der Waals surface area contributed by atoms with Crippen LogP contribution in [0.3, 0.4) is 0 Å². The Bertz CT molecular complexity index is 335. The maximum atomic E-state index is 6.20. The minimum absolute atomic E-state index is 0.132. The average Bonchev–Trinajstić information content (AvgIpc) is 2.20. The molecule has 0 saturated carbocycles. The molecule has 13 heavy (non-hydrogen) atoms. The topological polar surface area (TPSA) is 0 Å². The number of hydrogen-bond donors (Lipinski definition) is 0. The van der Waals surface area contributed by atoms with Crippen LogP contribution in [0.5, 0.6) is 0 Å². The first-order chi connectivity index (χ1) is 6.38. The fraction of sp³-hybridized carbons (Fsp3) is 0.167. The Morgan fingerprint density at radius 1 is 1.15 bits per heavy atom. The summed E-state index contributed by atoms with van der Waals surface area (Å²) in [4.78, 5) is 0. The summed E-state index contributed by atoms with van der Waals surface area (Å²) in [6.45, 7) is 0. The first-order valence-electron chi connectivity index (χ1n) is 4.44. The van der Waals surface area contributed by atoms with E-state index in [9.17, 15) is 0 Å². The molecule has 1 aromatic carbocycles. The monoisotopic (exact) mass is 190 g/mol. The van der Waals surface area contributed by atoms with Gasteiger partial charge in [-0.05, 0) is 17.6 Å². The number of allylic oxidation sites excluding steroid dienone is 4. The molecule has 0 aliphatic heterocycles. The summed E-state index contributed by atoms with van der Waals surface area (Å²) < 4.78 is 0. The van der Waals surface area contributed by atoms with Gasteiger partial charge in [-0.2, -0.15) is 0 Å². The molecular weight excluding hydrogens is 180 g/mol. The van der Waals surface area contributed by atoms with E-state index in [0.29, 0.717) is 0 Å². The maximum Gasteiger partial charge on any atom is 0.0625 e. The number of alkyl halides is 1. The van der Waals surface area contributed by atoms with E-state index in [1.54, 1.807) is 0 Å². The molecule has 2 rings (SSSR count). The minimum atomic E-state index is 0.132. The zero-order chi connectivity index (χ0) is 9.10. The summed E-state index contributed by atoms with van der Waals surface area (Å²) in [5.41, 5.74) is 2.46. The average molecular weight is 191 g/mol. The molecule has 0 amide bonds. The zero-order valence-electron chi connectivity index (χ0n) is 7.28. The number of halogens is 1. The third kappa shape index (κ3) is 1.84. The van der Waals surface area contributed by atoms with Crippen molar-refractivity contribution >= 4 is 17.2 Å². The van der Waals surface area contributed by atoms with Gasteiger partial charge >= 0.3 is 0 Å². The fourth-order valence-corrected chi connectivity index (χ4v) is 1.81. The van der Waals surface area contributed by atoms with Gasteiger partial charge in [0.1, 0.15) is 0 Å². The van der Waals surface area contributed by atoms with Crippen LogP contribution >= 0.6 is 11.6 Å². The van der Waals surface area contributed by atoms with Crippen LogP contribution < -0.4 is 0 Å². The highest BCUT2D eigenvalue weighted by atomic mass is 35.5. The lowest BCUT2D eigenvalue weighted by molar-refractivity contribution is 1.06. The third-order valence-corrected chi connectivity index (χ3v) is 2.61. The molecular formula is C12H11Cl. The van der Waals surface area contributed by atoms with Crippen molar-refractivity contribution in [1.29, 1.82) is 0 Å². The molecule has 1 heteroatoms. The highest BCUT2D eigenvalue weighted by molar-refractivity contribution is 6.26. The molecule has 66 valence electrons. The predicted molar refractivity (Wildman–Crippen MR) is 57.8 cm³/mol. The van der Waals surface area contributed by atoms with Crippen LogP contribution in [0.15, 0.2) is 48.6 Å². The van der Waals surface area contributed by atoms with E-state index in [1.165, 1.54) is 11.1 Å². The molecule has 0 saturated heterocycles. The Kier molecular flexibility index (Phi) is 2.51. The van der Waals surface area contributed by atoms with Crippen molar-refractivity contribution in [2.75, 3.05) is 0 Å². The van der Waals surface area contributed by atoms with Gasteiger partial charge in [-0.25, -0.2) is 0 Å². The lowest BCUT2D eigenvalue weighted by atomic mass is 9.97. The van der Waals surface area contributed by atoms with Crippen LogP contribution in [0.25, 0.3) is 5.57 Å². The lowest BCUT2D eigenvalue weighted by Gasteiger charge is -2.15. The van der Waals surface area contributed by atoms with Crippen LogP contribution in [-0.2, 0) is 0 Å². The molecule has 1 aliphatic carbocycles. The fourth-order valence-electron chi connectivity index (χ4n) is 1.51. The molecule has 0 nitrogen and oxygen atoms in total. The first kappa shape index (κ1) is 8.58. The standard InChI is InChI=1S/C12H11Cl/c13-12-9-5-4-8-11(12)10-6-2-1-3-7-10/h1-8,12H,9H2. The van der Waals surface area contributed by atoms with Crippen molar-refractivity contribution in [2.24, 2.45) is 0 Å². The minimum Gasteiger partial charge on any atom is -0.117 e. The molecule has 1 unspecified atom stereocenters. The smallest absolute Gasteiger partial charge is 0.0625 e. The molecule has 1 atom stereocenters. The molecule has 0 spiro atoms. The van der Waals surface area contributed by atoms with Crippen molar-refractivity contribution < 1.29 is 0 Å². The SMILES string of the molecule is ClC1CC=CC=C1c1ccccc1. The van der Waals surface area contributed by atoms with Gasteiger partial charge in [0.25, 0.3) is 0 Å². The molecule has 1 aliphatic rings. The molecule has 0 N–H and O–H groups in total. The van der Waals surface area contributed by atoms with Gasteiger partial charge in [0, 0.05) is 0 Å². The third-order valence-electron chi connectivity index (χ3n) is 2.20. The Labute approximate surface area is 83.5 Å². The van der Waals surface area contributed by atoms with Gasteiger partial charge in [-0.3, -0.25) is 0 Å². The Morgan fingerprint density at radius 2 is 1.92 bits per heavy atom. The summed E-state index contributed by atoms with van der Waals surface area (Å²) >= 11 is 6.20. The number of hydrogen-bond acceptors (Lipinski definition) is 0.